The number of benzene rings is 1. The molecule has 1 saturated heterocycles. The number of sulfonamides is 1. The van der Waals surface area contributed by atoms with Crippen LogP contribution in [0.2, 0.25) is 0 Å². The van der Waals surface area contributed by atoms with E-state index in [4.69, 9.17) is 10.1 Å². The van der Waals surface area contributed by atoms with Crippen molar-refractivity contribution in [1.29, 1.82) is 0 Å². The predicted octanol–water partition coefficient (Wildman–Crippen LogP) is 4.09. The third-order valence-corrected chi connectivity index (χ3v) is 9.83. The van der Waals surface area contributed by atoms with Gasteiger partial charge in [0.1, 0.15) is 5.69 Å². The minimum absolute atomic E-state index is 0.0466. The van der Waals surface area contributed by atoms with Gasteiger partial charge < -0.3 is 15.5 Å². The van der Waals surface area contributed by atoms with Gasteiger partial charge in [0.25, 0.3) is 0 Å². The van der Waals surface area contributed by atoms with Gasteiger partial charge in [-0.3, -0.25) is 4.79 Å². The molecule has 1 aliphatic heterocycles. The number of hydrogen-bond acceptors (Lipinski definition) is 8. The van der Waals surface area contributed by atoms with Crippen LogP contribution in [0.4, 0.5) is 5.95 Å². The van der Waals surface area contributed by atoms with Gasteiger partial charge in [0, 0.05) is 37.3 Å². The summed E-state index contributed by atoms with van der Waals surface area (Å²) in [6.45, 7) is 4.92. The fraction of sp³-hybridized carbons (Fsp3) is 0.600. The van der Waals surface area contributed by atoms with Gasteiger partial charge in [0.05, 0.1) is 16.3 Å². The standard InChI is InChI=1S/C30H44N8O3S/c1-3-4-17-31-30-32-21-26-28(36-38(29(26)35-30)24-8-6-5-7-9-24)22-10-12-25(13-11-22)42(40,41)33-18-14-27(39)34-23-15-19-37(2)20-16-23/h10-13,21,23-24,33H,3-9,14-20H2,1-2H3,(H,34,39)(H,31,32,35). The Morgan fingerprint density at radius 1 is 1.02 bits per heavy atom. The van der Waals surface area contributed by atoms with Crippen LogP contribution in [0, 0.1) is 0 Å². The van der Waals surface area contributed by atoms with Crippen LogP contribution >= 0.6 is 0 Å². The third-order valence-electron chi connectivity index (χ3n) is 8.35. The maximum atomic E-state index is 13.0. The van der Waals surface area contributed by atoms with E-state index in [9.17, 15) is 13.2 Å². The summed E-state index contributed by atoms with van der Waals surface area (Å²) in [6, 6.07) is 7.18. The molecule has 12 heteroatoms. The van der Waals surface area contributed by atoms with E-state index in [0.29, 0.717) is 5.95 Å². The average molecular weight is 597 g/mol. The number of hydrogen-bond donors (Lipinski definition) is 3. The topological polar surface area (TPSA) is 134 Å². The van der Waals surface area contributed by atoms with Crippen LogP contribution in [0.5, 0.6) is 0 Å². The molecule has 3 N–H and O–H groups in total. The summed E-state index contributed by atoms with van der Waals surface area (Å²) in [7, 11) is -1.69. The summed E-state index contributed by atoms with van der Waals surface area (Å²) in [5.41, 5.74) is 2.36. The fourth-order valence-electron chi connectivity index (χ4n) is 5.81. The van der Waals surface area contributed by atoms with Crippen molar-refractivity contribution in [2.45, 2.75) is 88.1 Å². The zero-order valence-electron chi connectivity index (χ0n) is 24.8. The Hall–Kier alpha value is -3.09. The second-order valence-corrected chi connectivity index (χ2v) is 13.4. The highest BCUT2D eigenvalue weighted by Gasteiger charge is 2.24. The summed E-state index contributed by atoms with van der Waals surface area (Å²) in [5.74, 6) is 0.473. The zero-order valence-corrected chi connectivity index (χ0v) is 25.6. The molecular formula is C30H44N8O3S. The lowest BCUT2D eigenvalue weighted by molar-refractivity contribution is -0.121. The summed E-state index contributed by atoms with van der Waals surface area (Å²) < 4.78 is 30.5. The van der Waals surface area contributed by atoms with E-state index in [1.54, 1.807) is 24.3 Å². The number of nitrogens with zero attached hydrogens (tertiary/aromatic N) is 5. The Morgan fingerprint density at radius 3 is 2.48 bits per heavy atom. The molecule has 5 rings (SSSR count). The van der Waals surface area contributed by atoms with Gasteiger partial charge >= 0.3 is 0 Å². The first-order chi connectivity index (χ1) is 20.3. The molecule has 1 saturated carbocycles. The number of fused-ring (bicyclic) bond motifs is 1. The van der Waals surface area contributed by atoms with Gasteiger partial charge in [-0.05, 0) is 64.4 Å². The molecule has 0 atom stereocenters. The van der Waals surface area contributed by atoms with Gasteiger partial charge in [-0.15, -0.1) is 0 Å². The molecule has 11 nitrogen and oxygen atoms in total. The van der Waals surface area contributed by atoms with Crippen molar-refractivity contribution >= 4 is 32.9 Å². The summed E-state index contributed by atoms with van der Waals surface area (Å²) in [4.78, 5) is 24.1. The molecule has 0 radical (unpaired) electrons. The molecule has 0 unspecified atom stereocenters. The fourth-order valence-corrected chi connectivity index (χ4v) is 6.84. The number of anilines is 1. The molecule has 42 heavy (non-hydrogen) atoms. The lowest BCUT2D eigenvalue weighted by atomic mass is 9.96. The number of rotatable bonds is 12. The van der Waals surface area contributed by atoms with Crippen molar-refractivity contribution in [3.05, 3.63) is 30.5 Å². The summed E-state index contributed by atoms with van der Waals surface area (Å²) in [6.07, 6.45) is 11.6. The molecule has 0 bridgehead atoms. The number of carbonyl (C=O) groups excluding carboxylic acids is 1. The molecule has 1 amide bonds. The van der Waals surface area contributed by atoms with E-state index < -0.39 is 10.0 Å². The van der Waals surface area contributed by atoms with Gasteiger partial charge in [-0.25, -0.2) is 22.8 Å². The number of likely N-dealkylation sites (tertiary alicyclic amines) is 1. The number of amides is 1. The molecule has 3 aromatic rings. The van der Waals surface area contributed by atoms with Crippen LogP contribution in [0.1, 0.15) is 77.2 Å². The highest BCUT2D eigenvalue weighted by Crippen LogP contribution is 2.34. The highest BCUT2D eigenvalue weighted by molar-refractivity contribution is 7.89. The van der Waals surface area contributed by atoms with Gasteiger partial charge in [0.15, 0.2) is 5.65 Å². The molecule has 2 aromatic heterocycles. The first-order valence-electron chi connectivity index (χ1n) is 15.4. The van der Waals surface area contributed by atoms with Crippen molar-refractivity contribution in [2.75, 3.05) is 38.5 Å². The first kappa shape index (κ1) is 30.4. The lowest BCUT2D eigenvalue weighted by Gasteiger charge is -2.29. The van der Waals surface area contributed by atoms with Gasteiger partial charge in [-0.2, -0.15) is 10.1 Å². The van der Waals surface area contributed by atoms with E-state index >= 15 is 0 Å². The Labute approximate surface area is 248 Å². The normalized spacial score (nSPS) is 17.5. The summed E-state index contributed by atoms with van der Waals surface area (Å²) >= 11 is 0. The van der Waals surface area contributed by atoms with Crippen LogP contribution in [-0.2, 0) is 14.8 Å². The van der Waals surface area contributed by atoms with Gasteiger partial charge in [0.2, 0.25) is 21.9 Å². The molecule has 3 heterocycles. The van der Waals surface area contributed by atoms with E-state index in [1.807, 2.05) is 6.20 Å². The smallest absolute Gasteiger partial charge is 0.240 e. The maximum Gasteiger partial charge on any atom is 0.240 e. The summed E-state index contributed by atoms with van der Waals surface area (Å²) in [5, 5.41) is 12.2. The van der Waals surface area contributed by atoms with Crippen LogP contribution < -0.4 is 15.4 Å². The Morgan fingerprint density at radius 2 is 1.76 bits per heavy atom. The van der Waals surface area contributed by atoms with Crippen molar-refractivity contribution in [3.8, 4) is 11.3 Å². The maximum absolute atomic E-state index is 13.0. The average Bonchev–Trinajstić information content (AvgIpc) is 3.38. The van der Waals surface area contributed by atoms with Crippen LogP contribution in [0.25, 0.3) is 22.3 Å². The molecule has 228 valence electrons. The van der Waals surface area contributed by atoms with Crippen molar-refractivity contribution < 1.29 is 13.2 Å². The first-order valence-corrected chi connectivity index (χ1v) is 16.9. The number of aromatic nitrogens is 4. The van der Waals surface area contributed by atoms with Crippen LogP contribution in [-0.4, -0.2) is 78.2 Å². The third kappa shape index (κ3) is 7.45. The highest BCUT2D eigenvalue weighted by atomic mass is 32.2. The van der Waals surface area contributed by atoms with E-state index in [-0.39, 0.29) is 35.9 Å². The Bertz CT molecular complexity index is 1440. The number of carbonyl (C=O) groups is 1. The van der Waals surface area contributed by atoms with Crippen LogP contribution in [0.15, 0.2) is 35.4 Å². The van der Waals surface area contributed by atoms with E-state index in [0.717, 1.165) is 80.4 Å². The number of nitrogens with one attached hydrogen (secondary N) is 3. The molecular weight excluding hydrogens is 552 g/mol. The number of unbranched alkanes of at least 4 members (excludes halogenated alkanes) is 1. The monoisotopic (exact) mass is 596 g/mol. The second kappa shape index (κ2) is 13.9. The molecule has 2 aliphatic rings. The van der Waals surface area contributed by atoms with Crippen molar-refractivity contribution in [2.24, 2.45) is 0 Å². The quantitative estimate of drug-likeness (QED) is 0.266. The molecule has 0 spiro atoms. The number of piperidine rings is 1. The Kier molecular flexibility index (Phi) is 10.1. The Balaban J connectivity index is 1.27. The van der Waals surface area contributed by atoms with E-state index in [1.165, 1.54) is 19.3 Å². The minimum atomic E-state index is -3.76. The van der Waals surface area contributed by atoms with Crippen molar-refractivity contribution in [1.82, 2.24) is 34.7 Å². The van der Waals surface area contributed by atoms with Crippen LogP contribution in [0.3, 0.4) is 0 Å². The predicted molar refractivity (Wildman–Crippen MR) is 165 cm³/mol. The van der Waals surface area contributed by atoms with Crippen molar-refractivity contribution in [3.63, 3.8) is 0 Å². The largest absolute Gasteiger partial charge is 0.354 e. The second-order valence-electron chi connectivity index (χ2n) is 11.6. The zero-order chi connectivity index (χ0) is 29.5. The molecule has 1 aliphatic carbocycles. The van der Waals surface area contributed by atoms with Gasteiger partial charge in [-0.1, -0.05) is 44.7 Å². The minimum Gasteiger partial charge on any atom is -0.354 e. The molecule has 1 aromatic carbocycles. The SMILES string of the molecule is CCCCNc1ncc2c(-c3ccc(S(=O)(=O)NCCC(=O)NC4CCN(C)CC4)cc3)nn(C3CCCCC3)c2n1. The lowest BCUT2D eigenvalue weighted by Crippen LogP contribution is -2.44. The molecule has 2 fully saturated rings. The van der Waals surface area contributed by atoms with E-state index in [2.05, 4.69) is 43.9 Å².